The largest absolute Gasteiger partial charge is 0.385 e. The number of carbonyl (C=O) groups excluding carboxylic acids is 2. The molecule has 132 valence electrons. The zero-order valence-electron chi connectivity index (χ0n) is 14.2. The Kier molecular flexibility index (Phi) is 8.74. The van der Waals surface area contributed by atoms with Crippen molar-refractivity contribution in [3.8, 4) is 0 Å². The highest BCUT2D eigenvalue weighted by Crippen LogP contribution is 2.10. The van der Waals surface area contributed by atoms with Crippen molar-refractivity contribution < 1.29 is 14.3 Å². The topological polar surface area (TPSA) is 82.7 Å². The third-order valence-electron chi connectivity index (χ3n) is 3.04. The van der Waals surface area contributed by atoms with Gasteiger partial charge in [-0.2, -0.15) is 0 Å². The van der Waals surface area contributed by atoms with Crippen LogP contribution < -0.4 is 16.1 Å². The number of methoxy groups -OCH3 is 1. The lowest BCUT2D eigenvalue weighted by atomic mass is 10.1. The summed E-state index contributed by atoms with van der Waals surface area (Å²) in [7, 11) is 3.33. The molecule has 0 radical (unpaired) electrons. The Labute approximate surface area is 147 Å². The van der Waals surface area contributed by atoms with Gasteiger partial charge in [0, 0.05) is 39.9 Å². The Morgan fingerprint density at radius 1 is 1.25 bits per heavy atom. The van der Waals surface area contributed by atoms with E-state index in [0.717, 1.165) is 12.0 Å². The number of benzene rings is 1. The summed E-state index contributed by atoms with van der Waals surface area (Å²) in [5.74, 6) is -0.306. The smallest absolute Gasteiger partial charge is 0.242 e. The molecule has 0 aromatic heterocycles. The van der Waals surface area contributed by atoms with Crippen molar-refractivity contribution in [2.24, 2.45) is 0 Å². The first-order valence-electron chi connectivity index (χ1n) is 7.59. The predicted molar refractivity (Wildman–Crippen MR) is 97.4 cm³/mol. The predicted octanol–water partition coefficient (Wildman–Crippen LogP) is 1.06. The number of anilines is 1. The summed E-state index contributed by atoms with van der Waals surface area (Å²) in [6.07, 6.45) is 1.05. The van der Waals surface area contributed by atoms with Gasteiger partial charge in [0.2, 0.25) is 11.8 Å². The summed E-state index contributed by atoms with van der Waals surface area (Å²) >= 11 is 5.19. The molecule has 0 aliphatic rings. The van der Waals surface area contributed by atoms with Crippen LogP contribution in [0.2, 0.25) is 0 Å². The lowest BCUT2D eigenvalue weighted by Crippen LogP contribution is -2.48. The minimum absolute atomic E-state index is 0.131. The van der Waals surface area contributed by atoms with Gasteiger partial charge in [0.15, 0.2) is 5.11 Å². The lowest BCUT2D eigenvalue weighted by molar-refractivity contribution is -0.123. The molecule has 24 heavy (non-hydrogen) atoms. The Balaban J connectivity index is 2.39. The summed E-state index contributed by atoms with van der Waals surface area (Å²) in [6.45, 7) is 2.78. The number of nitrogens with zero attached hydrogens (tertiary/aromatic N) is 1. The summed E-state index contributed by atoms with van der Waals surface area (Å²) < 4.78 is 4.95. The molecule has 0 bridgehead atoms. The zero-order chi connectivity index (χ0) is 17.9. The molecule has 0 saturated carbocycles. The van der Waals surface area contributed by atoms with Crippen molar-refractivity contribution in [1.29, 1.82) is 0 Å². The van der Waals surface area contributed by atoms with Crippen LogP contribution in [-0.2, 0) is 20.7 Å². The fraction of sp³-hybridized carbons (Fsp3) is 0.438. The quantitative estimate of drug-likeness (QED) is 0.387. The van der Waals surface area contributed by atoms with Crippen LogP contribution in [0, 0.1) is 0 Å². The van der Waals surface area contributed by atoms with Crippen molar-refractivity contribution in [3.05, 3.63) is 29.8 Å². The van der Waals surface area contributed by atoms with Gasteiger partial charge in [-0.05, 0) is 36.3 Å². The second-order valence-electron chi connectivity index (χ2n) is 5.23. The maximum absolute atomic E-state index is 12.0. The summed E-state index contributed by atoms with van der Waals surface area (Å²) in [4.78, 5) is 23.0. The molecule has 2 amide bonds. The van der Waals surface area contributed by atoms with Gasteiger partial charge in [-0.25, -0.2) is 0 Å². The van der Waals surface area contributed by atoms with E-state index in [2.05, 4.69) is 16.1 Å². The fourth-order valence-corrected chi connectivity index (χ4v) is 2.05. The van der Waals surface area contributed by atoms with E-state index in [4.69, 9.17) is 17.0 Å². The standard InChI is InChI=1S/C16H24N4O3S/c1-12(21)18-14-7-5-13(6-8-14)11-15(22)19-20(2)16(24)17-9-4-10-23-3/h5-8H,4,9-11H2,1-3H3,(H,17,24)(H,18,21)(H,19,22). The van der Waals surface area contributed by atoms with Crippen LogP contribution in [0.25, 0.3) is 0 Å². The molecule has 0 fully saturated rings. The van der Waals surface area contributed by atoms with Gasteiger partial charge < -0.3 is 15.4 Å². The molecule has 3 N–H and O–H groups in total. The molecule has 7 nitrogen and oxygen atoms in total. The maximum atomic E-state index is 12.0. The van der Waals surface area contributed by atoms with Gasteiger partial charge in [-0.15, -0.1) is 0 Å². The van der Waals surface area contributed by atoms with Gasteiger partial charge in [-0.3, -0.25) is 20.0 Å². The Morgan fingerprint density at radius 2 is 1.92 bits per heavy atom. The molecule has 0 aliphatic carbocycles. The highest BCUT2D eigenvalue weighted by Gasteiger charge is 2.09. The van der Waals surface area contributed by atoms with Crippen molar-refractivity contribution in [3.63, 3.8) is 0 Å². The first-order chi connectivity index (χ1) is 11.4. The van der Waals surface area contributed by atoms with E-state index in [9.17, 15) is 9.59 Å². The normalized spacial score (nSPS) is 9.96. The minimum Gasteiger partial charge on any atom is -0.385 e. The molecule has 0 atom stereocenters. The van der Waals surface area contributed by atoms with Crippen LogP contribution >= 0.6 is 12.2 Å². The number of nitrogens with one attached hydrogen (secondary N) is 3. The third-order valence-corrected chi connectivity index (χ3v) is 3.46. The van der Waals surface area contributed by atoms with Crippen LogP contribution in [0.1, 0.15) is 18.9 Å². The summed E-state index contributed by atoms with van der Waals surface area (Å²) in [5, 5.41) is 7.64. The van der Waals surface area contributed by atoms with E-state index in [0.29, 0.717) is 24.0 Å². The van der Waals surface area contributed by atoms with E-state index in [1.165, 1.54) is 11.9 Å². The van der Waals surface area contributed by atoms with Crippen molar-refractivity contribution in [2.75, 3.05) is 32.6 Å². The van der Waals surface area contributed by atoms with E-state index in [-0.39, 0.29) is 18.2 Å². The zero-order valence-corrected chi connectivity index (χ0v) is 15.0. The van der Waals surface area contributed by atoms with Gasteiger partial charge >= 0.3 is 0 Å². The van der Waals surface area contributed by atoms with Gasteiger partial charge in [-0.1, -0.05) is 12.1 Å². The Bertz CT molecular complexity index is 563. The Morgan fingerprint density at radius 3 is 2.50 bits per heavy atom. The lowest BCUT2D eigenvalue weighted by Gasteiger charge is -2.21. The monoisotopic (exact) mass is 352 g/mol. The average Bonchev–Trinajstić information content (AvgIpc) is 2.52. The van der Waals surface area contributed by atoms with E-state index in [1.807, 2.05) is 0 Å². The fourth-order valence-electron chi connectivity index (χ4n) is 1.90. The number of carbonyl (C=O) groups is 2. The molecular weight excluding hydrogens is 328 g/mol. The number of hydrogen-bond acceptors (Lipinski definition) is 4. The number of amides is 2. The van der Waals surface area contributed by atoms with Crippen molar-refractivity contribution >= 4 is 34.8 Å². The average molecular weight is 352 g/mol. The van der Waals surface area contributed by atoms with Crippen molar-refractivity contribution in [2.45, 2.75) is 19.8 Å². The van der Waals surface area contributed by atoms with Gasteiger partial charge in [0.25, 0.3) is 0 Å². The summed E-state index contributed by atoms with van der Waals surface area (Å²) in [5.41, 5.74) is 4.25. The molecule has 1 rings (SSSR count). The second kappa shape index (κ2) is 10.6. The molecular formula is C16H24N4O3S. The van der Waals surface area contributed by atoms with E-state index in [1.54, 1.807) is 38.4 Å². The van der Waals surface area contributed by atoms with Gasteiger partial charge in [0.1, 0.15) is 0 Å². The highest BCUT2D eigenvalue weighted by molar-refractivity contribution is 7.80. The highest BCUT2D eigenvalue weighted by atomic mass is 32.1. The molecule has 1 aromatic carbocycles. The first kappa shape index (κ1) is 19.9. The molecule has 0 spiro atoms. The van der Waals surface area contributed by atoms with Crippen LogP contribution in [0.3, 0.4) is 0 Å². The molecule has 0 saturated heterocycles. The van der Waals surface area contributed by atoms with Crippen LogP contribution in [-0.4, -0.2) is 49.2 Å². The van der Waals surface area contributed by atoms with Crippen LogP contribution in [0.4, 0.5) is 5.69 Å². The summed E-state index contributed by atoms with van der Waals surface area (Å²) in [6, 6.07) is 7.11. The molecule has 1 aromatic rings. The Hall–Kier alpha value is -2.19. The number of ether oxygens (including phenoxy) is 1. The number of rotatable bonds is 7. The number of hydrogen-bond donors (Lipinski definition) is 3. The molecule has 0 aliphatic heterocycles. The molecule has 0 unspecified atom stereocenters. The van der Waals surface area contributed by atoms with Crippen LogP contribution in [0.15, 0.2) is 24.3 Å². The minimum atomic E-state index is -0.175. The maximum Gasteiger partial charge on any atom is 0.242 e. The van der Waals surface area contributed by atoms with E-state index >= 15 is 0 Å². The molecule has 0 heterocycles. The number of thiocarbonyl (C=S) groups is 1. The first-order valence-corrected chi connectivity index (χ1v) is 7.99. The van der Waals surface area contributed by atoms with E-state index < -0.39 is 0 Å². The second-order valence-corrected chi connectivity index (χ2v) is 5.61. The molecule has 8 heteroatoms. The van der Waals surface area contributed by atoms with Gasteiger partial charge in [0.05, 0.1) is 6.42 Å². The number of hydrazine groups is 1. The SMILES string of the molecule is COCCCNC(=S)N(C)NC(=O)Cc1ccc(NC(C)=O)cc1. The third kappa shape index (κ3) is 7.89. The van der Waals surface area contributed by atoms with Crippen molar-refractivity contribution in [1.82, 2.24) is 15.8 Å². The van der Waals surface area contributed by atoms with Crippen LogP contribution in [0.5, 0.6) is 0 Å².